The van der Waals surface area contributed by atoms with Crippen molar-refractivity contribution in [1.29, 1.82) is 0 Å². The van der Waals surface area contributed by atoms with Gasteiger partial charge in [-0.3, -0.25) is 4.99 Å². The van der Waals surface area contributed by atoms with Crippen LogP contribution in [0.4, 0.5) is 11.5 Å². The van der Waals surface area contributed by atoms with Crippen LogP contribution in [0.5, 0.6) is 11.5 Å². The molecule has 1 aliphatic carbocycles. The molecule has 5 rings (SSSR count). The summed E-state index contributed by atoms with van der Waals surface area (Å²) in [6.45, 7) is 2.23. The number of nitrogens with zero attached hydrogens (tertiary/aromatic N) is 3. The Kier molecular flexibility index (Phi) is 6.01. The third-order valence-corrected chi connectivity index (χ3v) is 6.37. The predicted molar refractivity (Wildman–Crippen MR) is 132 cm³/mol. The molecule has 2 aliphatic rings. The van der Waals surface area contributed by atoms with E-state index in [9.17, 15) is 5.11 Å². The number of rotatable bonds is 6. The molecule has 0 saturated heterocycles. The number of benzene rings is 2. The van der Waals surface area contributed by atoms with Crippen LogP contribution in [0.2, 0.25) is 5.02 Å². The minimum atomic E-state index is 0.157. The molecule has 7 heteroatoms. The Morgan fingerprint density at radius 3 is 2.91 bits per heavy atom. The Hall–Kier alpha value is -3.38. The molecule has 2 N–H and O–H groups in total. The summed E-state index contributed by atoms with van der Waals surface area (Å²) >= 11 is 6.55. The quantitative estimate of drug-likeness (QED) is 0.416. The number of aromatic hydroxyl groups is 1. The van der Waals surface area contributed by atoms with Crippen LogP contribution in [0.1, 0.15) is 39.0 Å². The normalized spacial score (nSPS) is 17.6. The predicted octanol–water partition coefficient (Wildman–Crippen LogP) is 6.93. The first kappa shape index (κ1) is 21.5. The molecule has 3 aromatic rings. The van der Waals surface area contributed by atoms with Crippen molar-refractivity contribution in [3.63, 3.8) is 0 Å². The molecule has 0 spiro atoms. The number of fused-ring (bicyclic) bond motifs is 1. The van der Waals surface area contributed by atoms with Crippen molar-refractivity contribution in [3.8, 4) is 11.5 Å². The maximum Gasteiger partial charge on any atom is 0.145 e. The van der Waals surface area contributed by atoms with Gasteiger partial charge in [-0.05, 0) is 67.2 Å². The lowest BCUT2D eigenvalue weighted by Crippen LogP contribution is -2.15. The molecule has 0 saturated carbocycles. The van der Waals surface area contributed by atoms with Crippen LogP contribution in [0, 0.1) is 5.92 Å². The number of allylic oxidation sites excluding steroid dienone is 3. The molecule has 6 nitrogen and oxygen atoms in total. The van der Waals surface area contributed by atoms with E-state index in [0.29, 0.717) is 22.5 Å². The van der Waals surface area contributed by atoms with Crippen LogP contribution in [0.3, 0.4) is 0 Å². The Bertz CT molecular complexity index is 1300. The van der Waals surface area contributed by atoms with Gasteiger partial charge >= 0.3 is 0 Å². The van der Waals surface area contributed by atoms with Gasteiger partial charge in [-0.2, -0.15) is 0 Å². The van der Waals surface area contributed by atoms with Gasteiger partial charge in [-0.15, -0.1) is 0 Å². The van der Waals surface area contributed by atoms with Gasteiger partial charge in [0, 0.05) is 29.8 Å². The van der Waals surface area contributed by atoms with E-state index in [1.807, 2.05) is 18.3 Å². The van der Waals surface area contributed by atoms with Crippen LogP contribution >= 0.6 is 11.6 Å². The fraction of sp³-hybridized carbons (Fsp3) is 0.269. The summed E-state index contributed by atoms with van der Waals surface area (Å²) in [4.78, 5) is 13.2. The Morgan fingerprint density at radius 1 is 1.15 bits per heavy atom. The van der Waals surface area contributed by atoms with E-state index in [1.54, 1.807) is 24.3 Å². The highest BCUT2D eigenvalue weighted by atomic mass is 35.5. The molecule has 0 fully saturated rings. The minimum Gasteiger partial charge on any atom is -0.508 e. The highest BCUT2D eigenvalue weighted by Crippen LogP contribution is 2.38. The van der Waals surface area contributed by atoms with Gasteiger partial charge in [0.2, 0.25) is 0 Å². The Labute approximate surface area is 197 Å². The van der Waals surface area contributed by atoms with Crippen LogP contribution in [-0.2, 0) is 0 Å². The molecule has 1 atom stereocenters. The zero-order valence-corrected chi connectivity index (χ0v) is 19.1. The third kappa shape index (κ3) is 4.57. The number of phenols is 1. The molecule has 2 aromatic carbocycles. The van der Waals surface area contributed by atoms with Gasteiger partial charge in [-0.1, -0.05) is 24.9 Å². The molecule has 0 radical (unpaired) electrons. The number of halogens is 1. The summed E-state index contributed by atoms with van der Waals surface area (Å²) in [6, 6.07) is 10.5. The second-order valence-electron chi connectivity index (χ2n) is 8.35. The molecular formula is C26H25ClN4O2. The lowest BCUT2D eigenvalue weighted by atomic mass is 9.83. The topological polar surface area (TPSA) is 79.6 Å². The van der Waals surface area contributed by atoms with E-state index in [4.69, 9.17) is 16.3 Å². The van der Waals surface area contributed by atoms with Crippen molar-refractivity contribution >= 4 is 40.2 Å². The molecular weight excluding hydrogens is 436 g/mol. The van der Waals surface area contributed by atoms with E-state index < -0.39 is 0 Å². The summed E-state index contributed by atoms with van der Waals surface area (Å²) in [6.07, 6.45) is 10.8. The number of nitrogens with one attached hydrogen (secondary N) is 1. The van der Waals surface area contributed by atoms with Crippen molar-refractivity contribution in [2.45, 2.75) is 39.0 Å². The van der Waals surface area contributed by atoms with Crippen LogP contribution < -0.4 is 10.1 Å². The van der Waals surface area contributed by atoms with Gasteiger partial charge in [0.1, 0.15) is 29.4 Å². The minimum absolute atomic E-state index is 0.157. The van der Waals surface area contributed by atoms with Gasteiger partial charge in [0.05, 0.1) is 16.2 Å². The number of ether oxygens (including phenoxy) is 1. The molecule has 1 aromatic heterocycles. The summed E-state index contributed by atoms with van der Waals surface area (Å²) < 4.78 is 6.16. The lowest BCUT2D eigenvalue weighted by molar-refractivity contribution is 0.392. The third-order valence-electron chi connectivity index (χ3n) is 6.07. The number of phenolic OH excluding ortho intramolecular Hbond substituents is 1. The standard InChI is InChI=1S/C26H25ClN4O2/c1-2-3-16-10-11-28-24-14-19(6-7-20(16)24)33-25-9-4-17(12-22(25)27)31-26-21-13-18(32)5-8-23(21)29-15-30-26/h4-5,8-9,11-16,32H,2-3,6-7,10H2,1H3,(H,29,30,31). The average Bonchev–Trinajstić information content (AvgIpc) is 2.81. The number of aliphatic imine (C=N–C) groups is 1. The van der Waals surface area contributed by atoms with E-state index in [2.05, 4.69) is 33.3 Å². The van der Waals surface area contributed by atoms with Crippen molar-refractivity contribution in [2.24, 2.45) is 10.9 Å². The molecule has 33 heavy (non-hydrogen) atoms. The Balaban J connectivity index is 1.34. The van der Waals surface area contributed by atoms with Crippen molar-refractivity contribution < 1.29 is 9.84 Å². The van der Waals surface area contributed by atoms with Crippen LogP contribution in [0.15, 0.2) is 70.8 Å². The van der Waals surface area contributed by atoms with E-state index in [1.165, 1.54) is 24.7 Å². The first-order valence-electron chi connectivity index (χ1n) is 11.2. The highest BCUT2D eigenvalue weighted by molar-refractivity contribution is 6.32. The monoisotopic (exact) mass is 460 g/mol. The van der Waals surface area contributed by atoms with E-state index in [-0.39, 0.29) is 5.75 Å². The summed E-state index contributed by atoms with van der Waals surface area (Å²) in [5.74, 6) is 2.83. The van der Waals surface area contributed by atoms with Gasteiger partial charge in [0.15, 0.2) is 0 Å². The zero-order valence-electron chi connectivity index (χ0n) is 18.4. The van der Waals surface area contributed by atoms with E-state index >= 15 is 0 Å². The second-order valence-corrected chi connectivity index (χ2v) is 8.76. The smallest absolute Gasteiger partial charge is 0.145 e. The van der Waals surface area contributed by atoms with Crippen LogP contribution in [0.25, 0.3) is 10.9 Å². The molecule has 168 valence electrons. The number of hydrogen-bond donors (Lipinski definition) is 2. The molecule has 2 heterocycles. The summed E-state index contributed by atoms with van der Waals surface area (Å²) in [5.41, 5.74) is 4.01. The van der Waals surface area contributed by atoms with Crippen LogP contribution in [-0.4, -0.2) is 21.3 Å². The fourth-order valence-corrected chi connectivity index (χ4v) is 4.68. The largest absolute Gasteiger partial charge is 0.508 e. The second kappa shape index (κ2) is 9.24. The number of hydrogen-bond acceptors (Lipinski definition) is 6. The lowest BCUT2D eigenvalue weighted by Gasteiger charge is -2.27. The van der Waals surface area contributed by atoms with E-state index in [0.717, 1.165) is 47.3 Å². The zero-order chi connectivity index (χ0) is 22.8. The summed E-state index contributed by atoms with van der Waals surface area (Å²) in [7, 11) is 0. The number of aromatic nitrogens is 2. The molecule has 1 unspecified atom stereocenters. The van der Waals surface area contributed by atoms with Crippen molar-refractivity contribution in [1.82, 2.24) is 9.97 Å². The fourth-order valence-electron chi connectivity index (χ4n) is 4.46. The molecule has 1 aliphatic heterocycles. The first-order chi connectivity index (χ1) is 16.1. The van der Waals surface area contributed by atoms with Gasteiger partial charge in [-0.25, -0.2) is 9.97 Å². The Morgan fingerprint density at radius 2 is 2.06 bits per heavy atom. The average molecular weight is 461 g/mol. The SMILES string of the molecule is CCCC1CC=NC2=C1CCC(Oc1ccc(Nc3ncnc4ccc(O)cc34)cc1Cl)=C2. The number of anilines is 2. The molecule has 0 bridgehead atoms. The van der Waals surface area contributed by atoms with Crippen molar-refractivity contribution in [3.05, 3.63) is 70.9 Å². The van der Waals surface area contributed by atoms with Crippen molar-refractivity contribution in [2.75, 3.05) is 5.32 Å². The van der Waals surface area contributed by atoms with Gasteiger partial charge in [0.25, 0.3) is 0 Å². The first-order valence-corrected chi connectivity index (χ1v) is 11.6. The molecule has 0 amide bonds. The van der Waals surface area contributed by atoms with Gasteiger partial charge < -0.3 is 15.2 Å². The maximum absolute atomic E-state index is 9.83. The summed E-state index contributed by atoms with van der Waals surface area (Å²) in [5, 5.41) is 14.3. The maximum atomic E-state index is 9.83. The highest BCUT2D eigenvalue weighted by Gasteiger charge is 2.24.